The number of amides is 2. The molecule has 1 fully saturated rings. The van der Waals surface area contributed by atoms with Crippen molar-refractivity contribution in [3.63, 3.8) is 0 Å². The van der Waals surface area contributed by atoms with Crippen LogP contribution in [0.25, 0.3) is 0 Å². The summed E-state index contributed by atoms with van der Waals surface area (Å²) in [4.78, 5) is 24.0. The highest BCUT2D eigenvalue weighted by molar-refractivity contribution is 7.16. The Bertz CT molecular complexity index is 641. The Morgan fingerprint density at radius 2 is 2.04 bits per heavy atom. The van der Waals surface area contributed by atoms with Crippen LogP contribution in [0.2, 0.25) is 0 Å². The third-order valence-corrected chi connectivity index (χ3v) is 5.52. The highest BCUT2D eigenvalue weighted by Gasteiger charge is 2.41. The number of rotatable bonds is 3. The molecule has 0 aromatic carbocycles. The lowest BCUT2D eigenvalue weighted by Gasteiger charge is -2.23. The molecule has 0 saturated heterocycles. The largest absolute Gasteiger partial charge is 0.471 e. The second-order valence-corrected chi connectivity index (χ2v) is 7.42. The number of halogens is 3. The van der Waals surface area contributed by atoms with E-state index in [2.05, 4.69) is 5.32 Å². The lowest BCUT2D eigenvalue weighted by atomic mass is 9.94. The molecule has 2 amide bonds. The third kappa shape index (κ3) is 3.68. The normalized spacial score (nSPS) is 26.3. The predicted octanol–water partition coefficient (Wildman–Crippen LogP) is 2.88. The van der Waals surface area contributed by atoms with Gasteiger partial charge in [-0.25, -0.2) is 0 Å². The highest BCUT2D eigenvalue weighted by Crippen LogP contribution is 2.40. The van der Waals surface area contributed by atoms with Gasteiger partial charge in [0.05, 0.1) is 5.00 Å². The summed E-state index contributed by atoms with van der Waals surface area (Å²) in [6, 6.07) is 1.30. The number of carbonyl (C=O) groups is 2. The maximum absolute atomic E-state index is 12.3. The molecule has 1 aromatic heterocycles. The van der Waals surface area contributed by atoms with Gasteiger partial charge in [0.2, 0.25) is 5.91 Å². The van der Waals surface area contributed by atoms with Crippen molar-refractivity contribution in [2.24, 2.45) is 11.8 Å². The Kier molecular flexibility index (Phi) is 4.12. The average Bonchev–Trinajstić information content (AvgIpc) is 3.05. The summed E-state index contributed by atoms with van der Waals surface area (Å²) in [6.07, 6.45) is -2.50. The minimum atomic E-state index is -4.85. The van der Waals surface area contributed by atoms with Crippen molar-refractivity contribution in [3.8, 4) is 0 Å². The number of aryl methyl sites for hydroxylation is 1. The maximum atomic E-state index is 12.3. The van der Waals surface area contributed by atoms with E-state index in [0.29, 0.717) is 25.2 Å². The number of anilines is 1. The number of hydrogen-bond donors (Lipinski definition) is 2. The van der Waals surface area contributed by atoms with Crippen LogP contribution >= 0.6 is 11.3 Å². The lowest BCUT2D eigenvalue weighted by Crippen LogP contribution is -2.45. The molecule has 3 atom stereocenters. The summed E-state index contributed by atoms with van der Waals surface area (Å²) in [5, 5.41) is 5.66. The van der Waals surface area contributed by atoms with Crippen LogP contribution < -0.4 is 10.6 Å². The number of hydrogen-bond acceptors (Lipinski definition) is 3. The first-order valence-electron chi connectivity index (χ1n) is 7.54. The molecule has 2 aliphatic rings. The Morgan fingerprint density at radius 3 is 2.65 bits per heavy atom. The van der Waals surface area contributed by atoms with Crippen LogP contribution in [0.15, 0.2) is 6.07 Å². The van der Waals surface area contributed by atoms with E-state index in [0.717, 1.165) is 21.9 Å². The molecule has 1 saturated carbocycles. The van der Waals surface area contributed by atoms with E-state index >= 15 is 0 Å². The van der Waals surface area contributed by atoms with Gasteiger partial charge in [-0.15, -0.1) is 11.3 Å². The first-order valence-corrected chi connectivity index (χ1v) is 8.36. The Hall–Kier alpha value is -1.57. The maximum Gasteiger partial charge on any atom is 0.471 e. The first-order chi connectivity index (χ1) is 10.7. The van der Waals surface area contributed by atoms with Crippen molar-refractivity contribution >= 4 is 28.2 Å². The zero-order valence-corrected chi connectivity index (χ0v) is 13.3. The van der Waals surface area contributed by atoms with Crippen LogP contribution in [0.5, 0.6) is 0 Å². The van der Waals surface area contributed by atoms with Crippen molar-refractivity contribution in [2.75, 3.05) is 5.32 Å². The van der Waals surface area contributed by atoms with Crippen LogP contribution in [0.3, 0.4) is 0 Å². The molecular formula is C15H17F3N2O2S. The first kappa shape index (κ1) is 16.3. The van der Waals surface area contributed by atoms with Crippen LogP contribution in [0.4, 0.5) is 18.2 Å². The number of alkyl halides is 3. The third-order valence-electron chi connectivity index (χ3n) is 4.37. The molecule has 0 radical (unpaired) electrons. The SMILES string of the molecule is C[C@H]1C[C@@H]1C(=O)Nc1cc2c(s1)CC[C@H](NC(=O)C(F)(F)F)C2. The van der Waals surface area contributed by atoms with E-state index in [-0.39, 0.29) is 11.8 Å². The molecule has 2 N–H and O–H groups in total. The summed E-state index contributed by atoms with van der Waals surface area (Å²) >= 11 is 1.47. The molecule has 0 bridgehead atoms. The number of fused-ring (bicyclic) bond motifs is 1. The minimum absolute atomic E-state index is 0.0121. The smallest absolute Gasteiger partial charge is 0.345 e. The van der Waals surface area contributed by atoms with Gasteiger partial charge in [0, 0.05) is 16.8 Å². The second kappa shape index (κ2) is 5.81. The quantitative estimate of drug-likeness (QED) is 0.884. The lowest BCUT2D eigenvalue weighted by molar-refractivity contribution is -0.174. The fourth-order valence-electron chi connectivity index (χ4n) is 2.88. The van der Waals surface area contributed by atoms with Gasteiger partial charge in [-0.2, -0.15) is 13.2 Å². The van der Waals surface area contributed by atoms with E-state index in [1.165, 1.54) is 11.3 Å². The molecule has 0 spiro atoms. The van der Waals surface area contributed by atoms with E-state index in [1.54, 1.807) is 0 Å². The molecule has 23 heavy (non-hydrogen) atoms. The number of thiophene rings is 1. The van der Waals surface area contributed by atoms with E-state index in [1.807, 2.05) is 18.3 Å². The Labute approximate surface area is 135 Å². The van der Waals surface area contributed by atoms with Crippen LogP contribution in [-0.4, -0.2) is 24.0 Å². The number of nitrogens with one attached hydrogen (secondary N) is 2. The molecule has 2 aliphatic carbocycles. The molecule has 3 rings (SSSR count). The standard InChI is InChI=1S/C15H17F3N2O2S/c1-7-4-10(7)13(21)20-12-6-8-5-9(2-3-11(8)23-12)19-14(22)15(16,17)18/h6-7,9-10H,2-5H2,1H3,(H,19,22)(H,20,21)/t7-,9-,10-/m0/s1. The molecule has 1 aromatic rings. The zero-order chi connectivity index (χ0) is 16.8. The van der Waals surface area contributed by atoms with Gasteiger partial charge in [0.25, 0.3) is 0 Å². The second-order valence-electron chi connectivity index (χ2n) is 6.28. The molecular weight excluding hydrogens is 329 g/mol. The van der Waals surface area contributed by atoms with Crippen molar-refractivity contribution in [3.05, 3.63) is 16.5 Å². The summed E-state index contributed by atoms with van der Waals surface area (Å²) in [5.74, 6) is -1.38. The van der Waals surface area contributed by atoms with E-state index in [9.17, 15) is 22.8 Å². The van der Waals surface area contributed by atoms with Crippen molar-refractivity contribution in [2.45, 2.75) is 44.8 Å². The molecule has 0 aliphatic heterocycles. The molecule has 8 heteroatoms. The summed E-state index contributed by atoms with van der Waals surface area (Å²) in [5.41, 5.74) is 0.910. The average molecular weight is 346 g/mol. The van der Waals surface area contributed by atoms with Gasteiger partial charge in [0.1, 0.15) is 0 Å². The van der Waals surface area contributed by atoms with Crippen molar-refractivity contribution in [1.29, 1.82) is 0 Å². The fourth-order valence-corrected chi connectivity index (χ4v) is 3.99. The van der Waals surface area contributed by atoms with Crippen LogP contribution in [0, 0.1) is 11.8 Å². The summed E-state index contributed by atoms with van der Waals surface area (Å²) < 4.78 is 36.9. The monoisotopic (exact) mass is 346 g/mol. The minimum Gasteiger partial charge on any atom is -0.345 e. The zero-order valence-electron chi connectivity index (χ0n) is 12.5. The van der Waals surface area contributed by atoms with E-state index < -0.39 is 18.1 Å². The highest BCUT2D eigenvalue weighted by atomic mass is 32.1. The van der Waals surface area contributed by atoms with Gasteiger partial charge in [-0.3, -0.25) is 9.59 Å². The predicted molar refractivity (Wildman–Crippen MR) is 80.2 cm³/mol. The number of carbonyl (C=O) groups excluding carboxylic acids is 2. The Balaban J connectivity index is 1.60. The topological polar surface area (TPSA) is 58.2 Å². The summed E-state index contributed by atoms with van der Waals surface area (Å²) in [7, 11) is 0. The Morgan fingerprint density at radius 1 is 1.35 bits per heavy atom. The van der Waals surface area contributed by atoms with Gasteiger partial charge >= 0.3 is 12.1 Å². The van der Waals surface area contributed by atoms with E-state index in [4.69, 9.17) is 0 Å². The fraction of sp³-hybridized carbons (Fsp3) is 0.600. The molecule has 0 unspecified atom stereocenters. The summed E-state index contributed by atoms with van der Waals surface area (Å²) in [6.45, 7) is 2.03. The van der Waals surface area contributed by atoms with Gasteiger partial charge in [0.15, 0.2) is 0 Å². The van der Waals surface area contributed by atoms with Crippen molar-refractivity contribution < 1.29 is 22.8 Å². The van der Waals surface area contributed by atoms with Gasteiger partial charge < -0.3 is 10.6 Å². The molecule has 1 heterocycles. The molecule has 4 nitrogen and oxygen atoms in total. The van der Waals surface area contributed by atoms with Gasteiger partial charge in [-0.1, -0.05) is 6.92 Å². The van der Waals surface area contributed by atoms with Gasteiger partial charge in [-0.05, 0) is 43.2 Å². The van der Waals surface area contributed by atoms with Crippen molar-refractivity contribution in [1.82, 2.24) is 5.32 Å². The molecule has 126 valence electrons. The van der Waals surface area contributed by atoms with Crippen LogP contribution in [0.1, 0.15) is 30.2 Å². The van der Waals surface area contributed by atoms with Crippen LogP contribution in [-0.2, 0) is 22.4 Å².